The quantitative estimate of drug-likeness (QED) is 0.812. The first-order valence-corrected chi connectivity index (χ1v) is 6.95. The second-order valence-electron chi connectivity index (χ2n) is 5.43. The standard InChI is InChI=1S/C18H18N2/c1-14-8-3-5-11-18(14,2)15-9-7-13-20-17(15)16-10-4-6-12-19-16/h3-14H,1-2H3. The number of pyridine rings is 2. The van der Waals surface area contributed by atoms with Crippen molar-refractivity contribution in [3.8, 4) is 11.4 Å². The van der Waals surface area contributed by atoms with Crippen LogP contribution in [-0.2, 0) is 5.41 Å². The molecule has 0 fully saturated rings. The lowest BCUT2D eigenvalue weighted by Gasteiger charge is -2.34. The Bertz CT molecular complexity index is 658. The van der Waals surface area contributed by atoms with E-state index in [9.17, 15) is 0 Å². The van der Waals surface area contributed by atoms with Crippen LogP contribution in [0.5, 0.6) is 0 Å². The fourth-order valence-electron chi connectivity index (χ4n) is 2.72. The van der Waals surface area contributed by atoms with Gasteiger partial charge in [-0.3, -0.25) is 9.97 Å². The van der Waals surface area contributed by atoms with Crippen molar-refractivity contribution in [2.75, 3.05) is 0 Å². The molecular weight excluding hydrogens is 244 g/mol. The van der Waals surface area contributed by atoms with Crippen molar-refractivity contribution in [2.24, 2.45) is 5.92 Å². The predicted molar refractivity (Wildman–Crippen MR) is 82.3 cm³/mol. The average Bonchev–Trinajstić information content (AvgIpc) is 2.51. The second kappa shape index (κ2) is 5.04. The third kappa shape index (κ3) is 2.07. The van der Waals surface area contributed by atoms with Gasteiger partial charge in [-0.25, -0.2) is 0 Å². The Balaban J connectivity index is 2.16. The van der Waals surface area contributed by atoms with E-state index in [2.05, 4.69) is 54.2 Å². The molecule has 0 radical (unpaired) electrons. The molecule has 20 heavy (non-hydrogen) atoms. The van der Waals surface area contributed by atoms with Crippen LogP contribution in [0, 0.1) is 5.92 Å². The fraction of sp³-hybridized carbons (Fsp3) is 0.222. The zero-order valence-electron chi connectivity index (χ0n) is 11.8. The van der Waals surface area contributed by atoms with Crippen LogP contribution in [0.25, 0.3) is 11.4 Å². The van der Waals surface area contributed by atoms with Crippen LogP contribution in [0.3, 0.4) is 0 Å². The summed E-state index contributed by atoms with van der Waals surface area (Å²) >= 11 is 0. The van der Waals surface area contributed by atoms with E-state index in [1.165, 1.54) is 5.56 Å². The third-order valence-corrected chi connectivity index (χ3v) is 4.19. The number of aromatic nitrogens is 2. The van der Waals surface area contributed by atoms with Gasteiger partial charge >= 0.3 is 0 Å². The summed E-state index contributed by atoms with van der Waals surface area (Å²) in [5, 5.41) is 0. The van der Waals surface area contributed by atoms with Crippen LogP contribution in [0.2, 0.25) is 0 Å². The van der Waals surface area contributed by atoms with Gasteiger partial charge < -0.3 is 0 Å². The smallest absolute Gasteiger partial charge is 0.0926 e. The first kappa shape index (κ1) is 12.8. The van der Waals surface area contributed by atoms with Gasteiger partial charge in [-0.2, -0.15) is 0 Å². The van der Waals surface area contributed by atoms with Crippen LogP contribution >= 0.6 is 0 Å². The van der Waals surface area contributed by atoms with Crippen molar-refractivity contribution in [2.45, 2.75) is 19.3 Å². The molecule has 2 heteroatoms. The number of allylic oxidation sites excluding steroid dienone is 4. The molecule has 3 rings (SSSR count). The summed E-state index contributed by atoms with van der Waals surface area (Å²) in [6, 6.07) is 10.1. The van der Waals surface area contributed by atoms with Gasteiger partial charge in [0.25, 0.3) is 0 Å². The molecule has 2 aromatic rings. The molecule has 0 aliphatic heterocycles. The zero-order chi connectivity index (χ0) is 14.0. The Morgan fingerprint density at radius 1 is 1.00 bits per heavy atom. The van der Waals surface area contributed by atoms with Crippen LogP contribution in [0.1, 0.15) is 19.4 Å². The highest BCUT2D eigenvalue weighted by Crippen LogP contribution is 2.40. The molecule has 100 valence electrons. The molecule has 2 heterocycles. The molecule has 2 aromatic heterocycles. The lowest BCUT2D eigenvalue weighted by atomic mass is 9.69. The minimum Gasteiger partial charge on any atom is -0.255 e. The maximum absolute atomic E-state index is 4.58. The molecule has 1 aliphatic carbocycles. The van der Waals surface area contributed by atoms with Gasteiger partial charge in [0.2, 0.25) is 0 Å². The van der Waals surface area contributed by atoms with Gasteiger partial charge in [-0.05, 0) is 29.7 Å². The monoisotopic (exact) mass is 262 g/mol. The SMILES string of the molecule is CC1C=CC=CC1(C)c1cccnc1-c1ccccn1. The Hall–Kier alpha value is -2.22. The van der Waals surface area contributed by atoms with E-state index < -0.39 is 0 Å². The zero-order valence-corrected chi connectivity index (χ0v) is 11.8. The Morgan fingerprint density at radius 2 is 1.85 bits per heavy atom. The van der Waals surface area contributed by atoms with Gasteiger partial charge in [0.1, 0.15) is 0 Å². The molecule has 0 saturated carbocycles. The lowest BCUT2D eigenvalue weighted by molar-refractivity contribution is 0.457. The van der Waals surface area contributed by atoms with Gasteiger partial charge in [-0.1, -0.05) is 50.3 Å². The fourth-order valence-corrected chi connectivity index (χ4v) is 2.72. The van der Waals surface area contributed by atoms with E-state index in [0.717, 1.165) is 11.4 Å². The maximum atomic E-state index is 4.58. The van der Waals surface area contributed by atoms with E-state index in [4.69, 9.17) is 0 Å². The van der Waals surface area contributed by atoms with Crippen molar-refractivity contribution >= 4 is 0 Å². The summed E-state index contributed by atoms with van der Waals surface area (Å²) in [6.07, 6.45) is 12.4. The lowest BCUT2D eigenvalue weighted by Crippen LogP contribution is -2.29. The summed E-state index contributed by atoms with van der Waals surface area (Å²) in [5.41, 5.74) is 3.09. The van der Waals surface area contributed by atoms with E-state index in [1.54, 1.807) is 0 Å². The van der Waals surface area contributed by atoms with E-state index in [0.29, 0.717) is 5.92 Å². The molecule has 0 N–H and O–H groups in total. The van der Waals surface area contributed by atoms with E-state index >= 15 is 0 Å². The van der Waals surface area contributed by atoms with E-state index in [-0.39, 0.29) is 5.41 Å². The molecule has 0 spiro atoms. The third-order valence-electron chi connectivity index (χ3n) is 4.19. The first-order chi connectivity index (χ1) is 9.72. The Kier molecular flexibility index (Phi) is 3.23. The number of hydrogen-bond donors (Lipinski definition) is 0. The Morgan fingerprint density at radius 3 is 2.60 bits per heavy atom. The predicted octanol–water partition coefficient (Wildman–Crippen LogP) is 4.16. The highest BCUT2D eigenvalue weighted by molar-refractivity contribution is 5.62. The highest BCUT2D eigenvalue weighted by atomic mass is 14.8. The van der Waals surface area contributed by atoms with Gasteiger partial charge in [0, 0.05) is 17.8 Å². The van der Waals surface area contributed by atoms with Crippen LogP contribution < -0.4 is 0 Å². The molecule has 0 bridgehead atoms. The van der Waals surface area contributed by atoms with Crippen molar-refractivity contribution in [1.29, 1.82) is 0 Å². The van der Waals surface area contributed by atoms with Crippen molar-refractivity contribution in [3.63, 3.8) is 0 Å². The van der Waals surface area contributed by atoms with Crippen LogP contribution in [0.15, 0.2) is 67.0 Å². The van der Waals surface area contributed by atoms with Crippen molar-refractivity contribution < 1.29 is 0 Å². The summed E-state index contributed by atoms with van der Waals surface area (Å²) in [7, 11) is 0. The molecular formula is C18H18N2. The average molecular weight is 262 g/mol. The normalized spacial score (nSPS) is 24.8. The van der Waals surface area contributed by atoms with Crippen molar-refractivity contribution in [3.05, 3.63) is 72.6 Å². The molecule has 2 atom stereocenters. The summed E-state index contributed by atoms with van der Waals surface area (Å²) < 4.78 is 0. The topological polar surface area (TPSA) is 25.8 Å². The van der Waals surface area contributed by atoms with Gasteiger partial charge in [-0.15, -0.1) is 0 Å². The van der Waals surface area contributed by atoms with Gasteiger partial charge in [0.15, 0.2) is 0 Å². The largest absolute Gasteiger partial charge is 0.255 e. The minimum absolute atomic E-state index is 0.0458. The van der Waals surface area contributed by atoms with Crippen LogP contribution in [-0.4, -0.2) is 9.97 Å². The van der Waals surface area contributed by atoms with Crippen LogP contribution in [0.4, 0.5) is 0 Å². The minimum atomic E-state index is -0.0458. The number of rotatable bonds is 2. The summed E-state index contributed by atoms with van der Waals surface area (Å²) in [4.78, 5) is 9.04. The molecule has 2 unspecified atom stereocenters. The molecule has 0 aromatic carbocycles. The summed E-state index contributed by atoms with van der Waals surface area (Å²) in [6.45, 7) is 4.51. The van der Waals surface area contributed by atoms with Crippen molar-refractivity contribution in [1.82, 2.24) is 9.97 Å². The number of nitrogens with zero attached hydrogens (tertiary/aromatic N) is 2. The summed E-state index contributed by atoms with van der Waals surface area (Å²) in [5.74, 6) is 0.430. The molecule has 2 nitrogen and oxygen atoms in total. The second-order valence-corrected chi connectivity index (χ2v) is 5.43. The number of hydrogen-bond acceptors (Lipinski definition) is 2. The Labute approximate surface area is 119 Å². The molecule has 0 amide bonds. The highest BCUT2D eigenvalue weighted by Gasteiger charge is 2.33. The molecule has 1 aliphatic rings. The maximum Gasteiger partial charge on any atom is 0.0926 e. The van der Waals surface area contributed by atoms with Gasteiger partial charge in [0.05, 0.1) is 11.4 Å². The first-order valence-electron chi connectivity index (χ1n) is 6.95. The van der Waals surface area contributed by atoms with E-state index in [1.807, 2.05) is 36.7 Å². The molecule has 0 saturated heterocycles.